The summed E-state index contributed by atoms with van der Waals surface area (Å²) in [6.07, 6.45) is 4.22. The van der Waals surface area contributed by atoms with Gasteiger partial charge in [-0.1, -0.05) is 18.2 Å². The van der Waals surface area contributed by atoms with Crippen LogP contribution in [0.15, 0.2) is 72.0 Å². The Balaban J connectivity index is 1.79. The summed E-state index contributed by atoms with van der Waals surface area (Å²) in [5.74, 6) is -0.394. The second-order valence-electron chi connectivity index (χ2n) is 5.01. The fourth-order valence-corrected chi connectivity index (χ4v) is 3.01. The lowest BCUT2D eigenvalue weighted by atomic mass is 10.2. The monoisotopic (exact) mass is 359 g/mol. The van der Waals surface area contributed by atoms with Gasteiger partial charge < -0.3 is 4.74 Å². The number of hydrogen-bond acceptors (Lipinski definition) is 5. The summed E-state index contributed by atoms with van der Waals surface area (Å²) < 4.78 is 46.2. The van der Waals surface area contributed by atoms with E-state index in [1.165, 1.54) is 42.9 Å². The molecule has 0 atom stereocenters. The van der Waals surface area contributed by atoms with Crippen LogP contribution in [0.4, 0.5) is 4.39 Å². The number of pyridine rings is 2. The maximum absolute atomic E-state index is 13.7. The first-order valence-corrected chi connectivity index (χ1v) is 8.80. The van der Waals surface area contributed by atoms with Crippen LogP contribution < -0.4 is 9.46 Å². The van der Waals surface area contributed by atoms with Gasteiger partial charge in [-0.3, -0.25) is 4.98 Å². The van der Waals surface area contributed by atoms with Crippen LogP contribution in [0.5, 0.6) is 11.6 Å². The average Bonchev–Trinajstić information content (AvgIpc) is 2.64. The molecule has 1 aromatic carbocycles. The van der Waals surface area contributed by atoms with Gasteiger partial charge in [0.25, 0.3) is 0 Å². The zero-order valence-corrected chi connectivity index (χ0v) is 13.8. The predicted molar refractivity (Wildman–Crippen MR) is 89.0 cm³/mol. The van der Waals surface area contributed by atoms with Gasteiger partial charge in [0, 0.05) is 30.7 Å². The minimum absolute atomic E-state index is 0.0116. The fraction of sp³-hybridized carbons (Fsp3) is 0.0588. The number of halogens is 1. The van der Waals surface area contributed by atoms with Gasteiger partial charge in [0.2, 0.25) is 15.9 Å². The number of nitrogens with one attached hydrogen (secondary N) is 1. The molecule has 2 heterocycles. The van der Waals surface area contributed by atoms with Gasteiger partial charge in [0.15, 0.2) is 11.6 Å². The van der Waals surface area contributed by atoms with Crippen LogP contribution >= 0.6 is 0 Å². The maximum atomic E-state index is 13.7. The minimum Gasteiger partial charge on any atom is -0.436 e. The second kappa shape index (κ2) is 7.37. The summed E-state index contributed by atoms with van der Waals surface area (Å²) in [7, 11) is -3.73. The van der Waals surface area contributed by atoms with Crippen molar-refractivity contribution in [1.82, 2.24) is 14.7 Å². The number of nitrogens with zero attached hydrogens (tertiary/aromatic N) is 2. The molecule has 0 radical (unpaired) electrons. The van der Waals surface area contributed by atoms with Crippen molar-refractivity contribution in [2.75, 3.05) is 0 Å². The number of hydrogen-bond donors (Lipinski definition) is 1. The number of para-hydroxylation sites is 1. The standard InChI is InChI=1S/C17H14FN3O3S/c18-15-7-1-2-8-16(15)24-17-13(5-3-10-20-17)11-21-25(22,23)14-6-4-9-19-12-14/h1-10,12,21H,11H2. The van der Waals surface area contributed by atoms with Crippen LogP contribution in [-0.2, 0) is 16.6 Å². The zero-order chi connectivity index (χ0) is 17.7. The van der Waals surface area contributed by atoms with Crippen molar-refractivity contribution in [3.63, 3.8) is 0 Å². The van der Waals surface area contributed by atoms with Gasteiger partial charge in [-0.15, -0.1) is 0 Å². The third-order valence-corrected chi connectivity index (χ3v) is 4.68. The number of benzene rings is 1. The Morgan fingerprint density at radius 2 is 1.84 bits per heavy atom. The van der Waals surface area contributed by atoms with E-state index in [2.05, 4.69) is 14.7 Å². The van der Waals surface area contributed by atoms with Crippen LogP contribution in [-0.4, -0.2) is 18.4 Å². The minimum atomic E-state index is -3.73. The molecule has 3 rings (SSSR count). The van der Waals surface area contributed by atoms with Crippen molar-refractivity contribution < 1.29 is 17.5 Å². The molecule has 2 aromatic heterocycles. The Morgan fingerprint density at radius 3 is 2.60 bits per heavy atom. The van der Waals surface area contributed by atoms with Crippen molar-refractivity contribution >= 4 is 10.0 Å². The highest BCUT2D eigenvalue weighted by atomic mass is 32.2. The van der Waals surface area contributed by atoms with E-state index in [9.17, 15) is 12.8 Å². The molecule has 1 N–H and O–H groups in total. The molecule has 128 valence electrons. The highest BCUT2D eigenvalue weighted by Gasteiger charge is 2.16. The lowest BCUT2D eigenvalue weighted by molar-refractivity contribution is 0.422. The molecular formula is C17H14FN3O3S. The number of sulfonamides is 1. The molecule has 25 heavy (non-hydrogen) atoms. The third-order valence-electron chi connectivity index (χ3n) is 3.29. The van der Waals surface area contributed by atoms with E-state index >= 15 is 0 Å². The van der Waals surface area contributed by atoms with Gasteiger partial charge >= 0.3 is 0 Å². The van der Waals surface area contributed by atoms with Crippen LogP contribution in [0.3, 0.4) is 0 Å². The van der Waals surface area contributed by atoms with E-state index in [4.69, 9.17) is 4.74 Å². The maximum Gasteiger partial charge on any atom is 0.242 e. The van der Waals surface area contributed by atoms with Crippen molar-refractivity contribution in [2.45, 2.75) is 11.4 Å². The van der Waals surface area contributed by atoms with Crippen LogP contribution in [0.1, 0.15) is 5.56 Å². The smallest absolute Gasteiger partial charge is 0.242 e. The predicted octanol–water partition coefficient (Wildman–Crippen LogP) is 2.89. The Morgan fingerprint density at radius 1 is 1.04 bits per heavy atom. The highest BCUT2D eigenvalue weighted by molar-refractivity contribution is 7.89. The average molecular weight is 359 g/mol. The Labute approximate surface area is 144 Å². The second-order valence-corrected chi connectivity index (χ2v) is 6.78. The largest absolute Gasteiger partial charge is 0.436 e. The first-order chi connectivity index (χ1) is 12.1. The quantitative estimate of drug-likeness (QED) is 0.732. The van der Waals surface area contributed by atoms with Gasteiger partial charge in [-0.05, 0) is 30.3 Å². The molecule has 0 aliphatic carbocycles. The van der Waals surface area contributed by atoms with E-state index < -0.39 is 15.8 Å². The normalized spacial score (nSPS) is 11.2. The summed E-state index contributed by atoms with van der Waals surface area (Å²) in [6, 6.07) is 12.2. The van der Waals surface area contributed by atoms with Crippen LogP contribution in [0.25, 0.3) is 0 Å². The van der Waals surface area contributed by atoms with E-state index in [1.54, 1.807) is 24.3 Å². The molecule has 0 unspecified atom stereocenters. The molecular weight excluding hydrogens is 345 g/mol. The Bertz CT molecular complexity index is 966. The van der Waals surface area contributed by atoms with E-state index in [0.717, 1.165) is 0 Å². The van der Waals surface area contributed by atoms with Gasteiger partial charge in [0.1, 0.15) is 4.90 Å². The van der Waals surface area contributed by atoms with E-state index in [0.29, 0.717) is 5.56 Å². The molecule has 0 spiro atoms. The molecule has 0 aliphatic heterocycles. The molecule has 0 saturated carbocycles. The van der Waals surface area contributed by atoms with Gasteiger partial charge in [0.05, 0.1) is 0 Å². The fourth-order valence-electron chi connectivity index (χ4n) is 2.04. The number of aromatic nitrogens is 2. The van der Waals surface area contributed by atoms with Crippen LogP contribution in [0.2, 0.25) is 0 Å². The summed E-state index contributed by atoms with van der Waals surface area (Å²) in [4.78, 5) is 7.89. The lowest BCUT2D eigenvalue weighted by Gasteiger charge is -2.11. The Kier molecular flexibility index (Phi) is 5.01. The van der Waals surface area contributed by atoms with Crippen molar-refractivity contribution in [2.24, 2.45) is 0 Å². The summed E-state index contributed by atoms with van der Waals surface area (Å²) in [6.45, 7) is -0.0607. The SMILES string of the molecule is O=S(=O)(NCc1cccnc1Oc1ccccc1F)c1cccnc1. The van der Waals surface area contributed by atoms with Crippen molar-refractivity contribution in [3.05, 3.63) is 78.5 Å². The van der Waals surface area contributed by atoms with Gasteiger partial charge in [-0.25, -0.2) is 22.5 Å². The zero-order valence-electron chi connectivity index (χ0n) is 13.0. The van der Waals surface area contributed by atoms with Crippen molar-refractivity contribution in [1.29, 1.82) is 0 Å². The molecule has 0 aliphatic rings. The topological polar surface area (TPSA) is 81.2 Å². The molecule has 0 bridgehead atoms. The molecule has 0 fully saturated rings. The molecule has 3 aromatic rings. The number of rotatable bonds is 6. The highest BCUT2D eigenvalue weighted by Crippen LogP contribution is 2.25. The molecule has 6 nitrogen and oxygen atoms in total. The van der Waals surface area contributed by atoms with Crippen LogP contribution in [0, 0.1) is 5.82 Å². The van der Waals surface area contributed by atoms with E-state index in [-0.39, 0.29) is 23.1 Å². The van der Waals surface area contributed by atoms with Gasteiger partial charge in [-0.2, -0.15) is 0 Å². The summed E-state index contributed by atoms with van der Waals surface area (Å²) in [5, 5.41) is 0. The molecule has 0 saturated heterocycles. The third kappa shape index (κ3) is 4.17. The summed E-state index contributed by atoms with van der Waals surface area (Å²) in [5.41, 5.74) is 0.471. The lowest BCUT2D eigenvalue weighted by Crippen LogP contribution is -2.23. The first kappa shape index (κ1) is 17.0. The van der Waals surface area contributed by atoms with Crippen molar-refractivity contribution in [3.8, 4) is 11.6 Å². The first-order valence-electron chi connectivity index (χ1n) is 7.32. The van der Waals surface area contributed by atoms with E-state index in [1.807, 2.05) is 0 Å². The Hall–Kier alpha value is -2.84. The summed E-state index contributed by atoms with van der Waals surface area (Å²) >= 11 is 0. The number of ether oxygens (including phenoxy) is 1. The molecule has 0 amide bonds. The molecule has 8 heteroatoms.